The zero-order valence-electron chi connectivity index (χ0n) is 23.9. The zero-order valence-corrected chi connectivity index (χ0v) is 24.7. The summed E-state index contributed by atoms with van der Waals surface area (Å²) in [7, 11) is -1.95. The van der Waals surface area contributed by atoms with Gasteiger partial charge in [0, 0.05) is 25.6 Å². The molecule has 1 saturated carbocycles. The Morgan fingerprint density at radius 3 is 2.41 bits per heavy atom. The fourth-order valence-corrected chi connectivity index (χ4v) is 6.10. The molecule has 0 heterocycles. The lowest BCUT2D eigenvalue weighted by Crippen LogP contribution is -2.51. The van der Waals surface area contributed by atoms with Crippen LogP contribution in [-0.4, -0.2) is 57.1 Å². The van der Waals surface area contributed by atoms with Crippen molar-refractivity contribution in [3.63, 3.8) is 0 Å². The quantitative estimate of drug-likeness (QED) is 0.384. The van der Waals surface area contributed by atoms with Gasteiger partial charge < -0.3 is 15.0 Å². The summed E-state index contributed by atoms with van der Waals surface area (Å²) in [5, 5.41) is 3.15. The number of carbonyl (C=O) groups excluding carboxylic acids is 2. The number of amides is 2. The predicted octanol–water partition coefficient (Wildman–Crippen LogP) is 4.72. The molecule has 1 aliphatic carbocycles. The summed E-state index contributed by atoms with van der Waals surface area (Å²) in [6.45, 7) is 6.27. The van der Waals surface area contributed by atoms with Crippen molar-refractivity contribution in [3.8, 4) is 5.75 Å². The maximum atomic E-state index is 13.7. The van der Waals surface area contributed by atoms with Crippen LogP contribution in [0.1, 0.15) is 68.6 Å². The molecule has 214 valence electrons. The van der Waals surface area contributed by atoms with Gasteiger partial charge in [-0.15, -0.1) is 0 Å². The molecule has 9 heteroatoms. The average molecular weight is 558 g/mol. The zero-order chi connectivity index (χ0) is 28.6. The highest BCUT2D eigenvalue weighted by Crippen LogP contribution is 2.24. The lowest BCUT2D eigenvalue weighted by molar-refractivity contribution is -0.141. The van der Waals surface area contributed by atoms with Crippen molar-refractivity contribution in [1.82, 2.24) is 10.2 Å². The van der Waals surface area contributed by atoms with Gasteiger partial charge in [-0.3, -0.25) is 13.9 Å². The molecule has 2 amide bonds. The molecule has 0 spiro atoms. The largest absolute Gasteiger partial charge is 0.497 e. The highest BCUT2D eigenvalue weighted by atomic mass is 32.2. The normalized spacial score (nSPS) is 14.6. The smallest absolute Gasteiger partial charge is 0.243 e. The molecule has 1 unspecified atom stereocenters. The molecule has 39 heavy (non-hydrogen) atoms. The number of nitrogens with zero attached hydrogens (tertiary/aromatic N) is 2. The molecule has 3 rings (SSSR count). The van der Waals surface area contributed by atoms with Gasteiger partial charge in [0.05, 0.1) is 19.1 Å². The summed E-state index contributed by atoms with van der Waals surface area (Å²) in [4.78, 5) is 28.6. The van der Waals surface area contributed by atoms with E-state index in [1.54, 1.807) is 18.1 Å². The first-order chi connectivity index (χ1) is 18.5. The van der Waals surface area contributed by atoms with Gasteiger partial charge in [-0.1, -0.05) is 38.0 Å². The number of aryl methyl sites for hydroxylation is 2. The lowest BCUT2D eigenvalue weighted by Gasteiger charge is -2.32. The van der Waals surface area contributed by atoms with E-state index in [-0.39, 0.29) is 37.4 Å². The number of hydrogen-bond acceptors (Lipinski definition) is 5. The Morgan fingerprint density at radius 1 is 1.08 bits per heavy atom. The van der Waals surface area contributed by atoms with Gasteiger partial charge in [0.2, 0.25) is 21.8 Å². The number of carbonyl (C=O) groups is 2. The molecule has 1 atom stereocenters. The molecule has 2 aromatic carbocycles. The first kappa shape index (κ1) is 30.5. The summed E-state index contributed by atoms with van der Waals surface area (Å²) < 4.78 is 31.9. The number of anilines is 1. The molecule has 0 radical (unpaired) electrons. The minimum atomic E-state index is -3.54. The molecule has 8 nitrogen and oxygen atoms in total. The van der Waals surface area contributed by atoms with Crippen LogP contribution in [0, 0.1) is 13.8 Å². The fraction of sp³-hybridized carbons (Fsp3) is 0.533. The van der Waals surface area contributed by atoms with Crippen molar-refractivity contribution in [1.29, 1.82) is 0 Å². The maximum Gasteiger partial charge on any atom is 0.243 e. The summed E-state index contributed by atoms with van der Waals surface area (Å²) in [6.07, 6.45) is 6.24. The molecular formula is C30H43N3O5S. The molecule has 1 aliphatic rings. The summed E-state index contributed by atoms with van der Waals surface area (Å²) in [6, 6.07) is 12.6. The van der Waals surface area contributed by atoms with Gasteiger partial charge >= 0.3 is 0 Å². The number of nitrogens with one attached hydrogen (secondary N) is 1. The topological polar surface area (TPSA) is 96.0 Å². The van der Waals surface area contributed by atoms with E-state index in [0.29, 0.717) is 24.3 Å². The Hall–Kier alpha value is -3.07. The van der Waals surface area contributed by atoms with Crippen LogP contribution < -0.4 is 14.4 Å². The Bertz CT molecular complexity index is 1240. The van der Waals surface area contributed by atoms with E-state index in [4.69, 9.17) is 4.74 Å². The second kappa shape index (κ2) is 13.8. The molecule has 1 fully saturated rings. The third-order valence-corrected chi connectivity index (χ3v) is 8.70. The molecular weight excluding hydrogens is 514 g/mol. The summed E-state index contributed by atoms with van der Waals surface area (Å²) in [5.41, 5.74) is 3.53. The van der Waals surface area contributed by atoms with E-state index < -0.39 is 16.1 Å². The Kier molecular flexibility index (Phi) is 10.8. The summed E-state index contributed by atoms with van der Waals surface area (Å²) >= 11 is 0. The van der Waals surface area contributed by atoms with E-state index in [2.05, 4.69) is 5.32 Å². The Labute approximate surface area is 233 Å². The lowest BCUT2D eigenvalue weighted by atomic mass is 10.1. The van der Waals surface area contributed by atoms with E-state index in [0.717, 1.165) is 42.4 Å². The van der Waals surface area contributed by atoms with E-state index in [1.807, 2.05) is 57.2 Å². The van der Waals surface area contributed by atoms with E-state index in [9.17, 15) is 18.0 Å². The predicted molar refractivity (Wildman–Crippen MR) is 155 cm³/mol. The second-order valence-corrected chi connectivity index (χ2v) is 12.4. The average Bonchev–Trinajstić information content (AvgIpc) is 3.40. The number of ether oxygens (including phenoxy) is 1. The monoisotopic (exact) mass is 557 g/mol. The molecule has 0 aromatic heterocycles. The molecule has 0 bridgehead atoms. The van der Waals surface area contributed by atoms with Crippen LogP contribution in [0.5, 0.6) is 5.75 Å². The van der Waals surface area contributed by atoms with Gasteiger partial charge in [0.1, 0.15) is 11.8 Å². The van der Waals surface area contributed by atoms with Crippen LogP contribution in [0.2, 0.25) is 0 Å². The van der Waals surface area contributed by atoms with Crippen molar-refractivity contribution >= 4 is 27.5 Å². The van der Waals surface area contributed by atoms with Crippen molar-refractivity contribution in [2.24, 2.45) is 0 Å². The van der Waals surface area contributed by atoms with Gasteiger partial charge in [-0.05, 0) is 80.5 Å². The van der Waals surface area contributed by atoms with Crippen molar-refractivity contribution in [2.45, 2.75) is 84.3 Å². The van der Waals surface area contributed by atoms with Crippen LogP contribution in [0.3, 0.4) is 0 Å². The third kappa shape index (κ3) is 8.46. The van der Waals surface area contributed by atoms with Crippen LogP contribution in [0.15, 0.2) is 42.5 Å². The third-order valence-electron chi connectivity index (χ3n) is 7.51. The first-order valence-electron chi connectivity index (χ1n) is 13.8. The van der Waals surface area contributed by atoms with Crippen molar-refractivity contribution in [2.75, 3.05) is 24.2 Å². The highest BCUT2D eigenvalue weighted by Gasteiger charge is 2.31. The molecule has 0 aliphatic heterocycles. The molecule has 2 aromatic rings. The van der Waals surface area contributed by atoms with Crippen LogP contribution in [0.25, 0.3) is 0 Å². The standard InChI is InChI=1S/C30H43N3O5S/c1-6-28(30(35)31-25-12-7-8-13-25)32(21-24-11-9-14-27(20-24)38-4)29(34)15-10-18-33(39(5,36)37)26-17-16-22(2)23(3)19-26/h9,11,14,16-17,19-20,25,28H,6-8,10,12-13,15,18,21H2,1-5H3,(H,31,35). The number of benzene rings is 2. The second-order valence-electron chi connectivity index (χ2n) is 10.5. The van der Waals surface area contributed by atoms with Gasteiger partial charge in [-0.25, -0.2) is 8.42 Å². The Morgan fingerprint density at radius 2 is 1.79 bits per heavy atom. The summed E-state index contributed by atoms with van der Waals surface area (Å²) in [5.74, 6) is 0.369. The number of sulfonamides is 1. The number of methoxy groups -OCH3 is 1. The SMILES string of the molecule is CCC(C(=O)NC1CCCC1)N(Cc1cccc(OC)c1)C(=O)CCCN(c1ccc(C)c(C)c1)S(C)(=O)=O. The number of rotatable bonds is 13. The first-order valence-corrected chi connectivity index (χ1v) is 15.7. The van der Waals surface area contributed by atoms with E-state index in [1.165, 1.54) is 10.6 Å². The van der Waals surface area contributed by atoms with Crippen LogP contribution >= 0.6 is 0 Å². The molecule has 0 saturated heterocycles. The van der Waals surface area contributed by atoms with Gasteiger partial charge in [0.25, 0.3) is 0 Å². The van der Waals surface area contributed by atoms with Crippen molar-refractivity contribution < 1.29 is 22.7 Å². The fourth-order valence-electron chi connectivity index (χ4n) is 5.14. The van der Waals surface area contributed by atoms with Crippen molar-refractivity contribution in [3.05, 3.63) is 59.2 Å². The molecule has 1 N–H and O–H groups in total. The van der Waals surface area contributed by atoms with Crippen LogP contribution in [-0.2, 0) is 26.2 Å². The maximum absolute atomic E-state index is 13.7. The van der Waals surface area contributed by atoms with E-state index >= 15 is 0 Å². The minimum absolute atomic E-state index is 0.119. The minimum Gasteiger partial charge on any atom is -0.497 e. The van der Waals surface area contributed by atoms with Crippen LogP contribution in [0.4, 0.5) is 5.69 Å². The Balaban J connectivity index is 1.78. The highest BCUT2D eigenvalue weighted by molar-refractivity contribution is 7.92. The number of hydrogen-bond donors (Lipinski definition) is 1. The van der Waals surface area contributed by atoms with Gasteiger partial charge in [-0.2, -0.15) is 0 Å². The van der Waals surface area contributed by atoms with Gasteiger partial charge in [0.15, 0.2) is 0 Å².